The lowest BCUT2D eigenvalue weighted by Gasteiger charge is -2.71. The Morgan fingerprint density at radius 1 is 0.983 bits per heavy atom. The van der Waals surface area contributed by atoms with E-state index in [-0.39, 0.29) is 35.6 Å². The number of allylic oxidation sites excluding steroid dienone is 4. The maximum Gasteiger partial charge on any atom is 0.339 e. The number of aliphatic hydroxyl groups is 1. The Morgan fingerprint density at radius 3 is 2.63 bits per heavy atom. The molecule has 0 amide bonds. The summed E-state index contributed by atoms with van der Waals surface area (Å²) in [6.45, 7) is 9.34. The molecule has 3 N–H and O–H groups in total. The van der Waals surface area contributed by atoms with E-state index in [1.807, 2.05) is 6.07 Å². The number of hydrogen-bond acceptors (Lipinski definition) is 8. The zero-order valence-electron chi connectivity index (χ0n) is 34.8. The molecule has 13 bridgehead atoms. The van der Waals surface area contributed by atoms with Gasteiger partial charge in [-0.05, 0) is 124 Å². The van der Waals surface area contributed by atoms with Gasteiger partial charge < -0.3 is 25.2 Å². The first kappa shape index (κ1) is 36.7. The molecule has 13 aliphatic rings. The van der Waals surface area contributed by atoms with Crippen LogP contribution < -0.4 is 5.73 Å². The summed E-state index contributed by atoms with van der Waals surface area (Å²) in [6.07, 6.45) is 14.9. The summed E-state index contributed by atoms with van der Waals surface area (Å²) in [6, 6.07) is 15.5. The molecule has 8 aliphatic heterocycles. The Morgan fingerprint density at radius 2 is 1.80 bits per heavy atom. The number of rotatable bonds is 3. The number of benzene rings is 2. The van der Waals surface area contributed by atoms with Gasteiger partial charge in [-0.15, -0.1) is 0 Å². The third-order valence-corrected chi connectivity index (χ3v) is 17.5. The van der Waals surface area contributed by atoms with Crippen molar-refractivity contribution in [2.75, 3.05) is 32.7 Å². The van der Waals surface area contributed by atoms with Crippen molar-refractivity contribution in [1.82, 2.24) is 9.80 Å². The van der Waals surface area contributed by atoms with E-state index in [0.29, 0.717) is 67.2 Å². The first-order chi connectivity index (χ1) is 28.7. The van der Waals surface area contributed by atoms with Crippen LogP contribution in [0, 0.1) is 46.3 Å². The fourth-order valence-electron chi connectivity index (χ4n) is 15.6. The number of aryl methyl sites for hydroxylation is 2. The second kappa shape index (κ2) is 12.9. The molecule has 59 heavy (non-hydrogen) atoms. The van der Waals surface area contributed by atoms with Crippen LogP contribution in [0.15, 0.2) is 88.6 Å². The van der Waals surface area contributed by atoms with E-state index in [4.69, 9.17) is 15.2 Å². The maximum absolute atomic E-state index is 15.8. The zero-order chi connectivity index (χ0) is 40.0. The van der Waals surface area contributed by atoms with Crippen molar-refractivity contribution in [2.24, 2.45) is 52.1 Å². The number of esters is 2. The van der Waals surface area contributed by atoms with Crippen LogP contribution in [0.4, 0.5) is 0 Å². The third kappa shape index (κ3) is 4.63. The van der Waals surface area contributed by atoms with Gasteiger partial charge in [0, 0.05) is 61.7 Å². The number of hydrogen-bond donors (Lipinski definition) is 2. The lowest BCUT2D eigenvalue weighted by molar-refractivity contribution is -0.276. The van der Waals surface area contributed by atoms with Crippen molar-refractivity contribution in [3.63, 3.8) is 0 Å². The zero-order valence-corrected chi connectivity index (χ0v) is 34.8. The van der Waals surface area contributed by atoms with Gasteiger partial charge in [0.05, 0.1) is 11.0 Å². The highest BCUT2D eigenvalue weighted by atomic mass is 16.6. The van der Waals surface area contributed by atoms with Crippen molar-refractivity contribution in [1.29, 1.82) is 0 Å². The van der Waals surface area contributed by atoms with Gasteiger partial charge >= 0.3 is 11.9 Å². The quantitative estimate of drug-likeness (QED) is 0.301. The van der Waals surface area contributed by atoms with E-state index in [1.54, 1.807) is 0 Å². The molecule has 4 fully saturated rings. The molecule has 0 aromatic heterocycles. The van der Waals surface area contributed by atoms with E-state index < -0.39 is 16.4 Å². The van der Waals surface area contributed by atoms with Crippen molar-refractivity contribution in [3.8, 4) is 0 Å². The van der Waals surface area contributed by atoms with Gasteiger partial charge in [-0.3, -0.25) is 9.69 Å². The number of fused-ring (bicyclic) bond motifs is 6. The molecular formula is C51H59N3O5. The van der Waals surface area contributed by atoms with Gasteiger partial charge in [0.15, 0.2) is 11.4 Å². The molecule has 1 unspecified atom stereocenters. The van der Waals surface area contributed by atoms with Crippen molar-refractivity contribution >= 4 is 11.9 Å². The van der Waals surface area contributed by atoms with Gasteiger partial charge in [0.25, 0.3) is 0 Å². The van der Waals surface area contributed by atoms with Gasteiger partial charge in [0.1, 0.15) is 11.2 Å². The first-order valence-electron chi connectivity index (χ1n) is 23.1. The molecule has 11 atom stereocenters. The van der Waals surface area contributed by atoms with Crippen molar-refractivity contribution in [3.05, 3.63) is 116 Å². The molecule has 2 aromatic rings. The fourth-order valence-corrected chi connectivity index (χ4v) is 15.6. The molecule has 8 heteroatoms. The lowest BCUT2D eigenvalue weighted by atomic mass is 9.29. The second-order valence-electron chi connectivity index (χ2n) is 20.4. The summed E-state index contributed by atoms with van der Waals surface area (Å²) in [5.41, 5.74) is 13.3. The number of carbonyl (C=O) groups is 2. The summed E-state index contributed by atoms with van der Waals surface area (Å²) in [5.74, 6) is 1.67. The van der Waals surface area contributed by atoms with Crippen LogP contribution in [0.1, 0.15) is 104 Å². The van der Waals surface area contributed by atoms with Crippen LogP contribution in [0.5, 0.6) is 0 Å². The molecule has 308 valence electrons. The average molecular weight is 794 g/mol. The Bertz CT molecular complexity index is 2310. The third-order valence-electron chi connectivity index (χ3n) is 17.5. The molecule has 1 saturated carbocycles. The standard InChI is InChI=1S/C51H59N3O5/c1-29-15-16-40-45-37-17-18-49-46(41(55)20-30(2)53-25-33-22-34(26-53)28-54(40)27-33)58-48(57)50(49)39(37)24-36(43(29)45)23-32-10-5-9-31(21-32)8-3-4-14-42(50)51(49)38-13-6-11-35(12-7-19-52)44(38)47(56)59-51/h5-6,9-11,13,16,21,24,29-30,33-34,42-43,45,55H,3-4,7-8,12,14-15,17-20,22-23,25-28,52H2,1-2H3/b46-41-/t29-,30-,33-,34+,42-,43-,45+,49+,50-,51+/m0/s1. The topological polar surface area (TPSA) is 105 Å². The summed E-state index contributed by atoms with van der Waals surface area (Å²) in [4.78, 5) is 35.9. The van der Waals surface area contributed by atoms with E-state index in [0.717, 1.165) is 87.8 Å². The Hall–Kier alpha value is -4.14. The fraction of sp³-hybridized carbons (Fsp3) is 0.569. The molecule has 2 aromatic carbocycles. The molecular weight excluding hydrogens is 735 g/mol. The van der Waals surface area contributed by atoms with E-state index >= 15 is 4.79 Å². The van der Waals surface area contributed by atoms with Gasteiger partial charge in [-0.2, -0.15) is 0 Å². The number of aliphatic hydroxyl groups excluding tert-OH is 1. The van der Waals surface area contributed by atoms with Crippen molar-refractivity contribution < 1.29 is 24.2 Å². The van der Waals surface area contributed by atoms with Crippen LogP contribution in [-0.2, 0) is 39.1 Å². The van der Waals surface area contributed by atoms with Crippen LogP contribution >= 0.6 is 0 Å². The van der Waals surface area contributed by atoms with Crippen LogP contribution in [0.25, 0.3) is 0 Å². The highest BCUT2D eigenvalue weighted by molar-refractivity contribution is 6.00. The van der Waals surface area contributed by atoms with Gasteiger partial charge in [-0.25, -0.2) is 4.79 Å². The Labute approximate surface area is 348 Å². The highest BCUT2D eigenvalue weighted by Gasteiger charge is 2.93. The normalized spacial score (nSPS) is 41.2. The predicted molar refractivity (Wildman–Crippen MR) is 225 cm³/mol. The highest BCUT2D eigenvalue weighted by Crippen LogP contribution is 2.87. The minimum atomic E-state index is -1.16. The van der Waals surface area contributed by atoms with Gasteiger partial charge in [0.2, 0.25) is 0 Å². The first-order valence-corrected chi connectivity index (χ1v) is 23.1. The van der Waals surface area contributed by atoms with E-state index in [2.05, 4.69) is 72.2 Å². The number of carbonyl (C=O) groups excluding carboxylic acids is 2. The van der Waals surface area contributed by atoms with Crippen molar-refractivity contribution in [2.45, 2.75) is 103 Å². The summed E-state index contributed by atoms with van der Waals surface area (Å²) in [7, 11) is 0. The summed E-state index contributed by atoms with van der Waals surface area (Å²) >= 11 is 0. The van der Waals surface area contributed by atoms with Crippen LogP contribution in [0.3, 0.4) is 0 Å². The largest absolute Gasteiger partial charge is 0.509 e. The molecule has 8 nitrogen and oxygen atoms in total. The SMILES string of the molecule is C[C@H]1CC=C2[C@H]3C4=C5C=C(Cc6cccc(c6)CCCC[C@H]6[C@]57C(=O)O/C(=C(\O)C[C@H](C)N5C[C@@H]8C[C@@H](CN2C8)C5)[C@@]7(CC4)[C@]62OC(=O)c4c(CCCN)cccc42)[C@@H]31. The average Bonchev–Trinajstić information content (AvgIpc) is 3.68. The number of piperidine rings is 2. The maximum atomic E-state index is 15.8. The van der Waals surface area contributed by atoms with E-state index in [1.165, 1.54) is 34.4 Å². The molecule has 3 saturated heterocycles. The second-order valence-corrected chi connectivity index (χ2v) is 20.4. The molecule has 3 spiro atoms. The van der Waals surface area contributed by atoms with Crippen LogP contribution in [0.2, 0.25) is 0 Å². The Balaban J connectivity index is 1.17. The summed E-state index contributed by atoms with van der Waals surface area (Å²) in [5, 5.41) is 12.8. The number of ether oxygens (including phenoxy) is 2. The van der Waals surface area contributed by atoms with Crippen LogP contribution in [-0.4, -0.2) is 65.6 Å². The smallest absolute Gasteiger partial charge is 0.339 e. The summed E-state index contributed by atoms with van der Waals surface area (Å²) < 4.78 is 13.9. The minimum Gasteiger partial charge on any atom is -0.509 e. The Kier molecular flexibility index (Phi) is 8.04. The number of nitrogens with two attached hydrogens (primary N) is 1. The molecule has 15 rings (SSSR count). The van der Waals surface area contributed by atoms with Gasteiger partial charge in [-0.1, -0.05) is 79.1 Å². The lowest BCUT2D eigenvalue weighted by Crippen LogP contribution is -2.77. The molecule has 0 radical (unpaired) electrons. The monoisotopic (exact) mass is 793 g/mol. The van der Waals surface area contributed by atoms with E-state index in [9.17, 15) is 9.90 Å². The minimum absolute atomic E-state index is 0.0579. The molecule has 8 heterocycles. The number of nitrogens with zero attached hydrogens (tertiary/aromatic N) is 2. The molecule has 5 aliphatic carbocycles. The predicted octanol–water partition coefficient (Wildman–Crippen LogP) is 8.07.